The van der Waals surface area contributed by atoms with E-state index >= 15 is 0 Å². The van der Waals surface area contributed by atoms with Gasteiger partial charge in [-0.15, -0.1) is 11.8 Å². The lowest BCUT2D eigenvalue weighted by atomic mass is 9.75. The van der Waals surface area contributed by atoms with Crippen LogP contribution in [0.15, 0.2) is 89.8 Å². The molecule has 0 amide bonds. The Morgan fingerprint density at radius 2 is 1.34 bits per heavy atom. The largest absolute Gasteiger partial charge is 0.379 e. The van der Waals surface area contributed by atoms with Crippen molar-refractivity contribution in [1.82, 2.24) is 4.90 Å². The molecule has 0 atom stereocenters. The fraction of sp³-hybridized carbons (Fsp3) is 0.240. The molecule has 0 saturated carbocycles. The van der Waals surface area contributed by atoms with Crippen LogP contribution in [0.3, 0.4) is 0 Å². The van der Waals surface area contributed by atoms with Gasteiger partial charge in [0.25, 0.3) is 0 Å². The Morgan fingerprint density at radius 3 is 1.83 bits per heavy atom. The number of hydrogen-bond acceptors (Lipinski definition) is 4. The minimum Gasteiger partial charge on any atom is -0.379 e. The average Bonchev–Trinajstić information content (AvgIpc) is 2.82. The van der Waals surface area contributed by atoms with E-state index in [0.717, 1.165) is 21.6 Å². The van der Waals surface area contributed by atoms with Gasteiger partial charge in [-0.1, -0.05) is 72.8 Å². The summed E-state index contributed by atoms with van der Waals surface area (Å²) in [5, 5.41) is 0. The first-order valence-electron chi connectivity index (χ1n) is 9.89. The van der Waals surface area contributed by atoms with Gasteiger partial charge in [0.15, 0.2) is 5.78 Å². The number of ketones is 1. The molecule has 29 heavy (non-hydrogen) atoms. The zero-order valence-corrected chi connectivity index (χ0v) is 17.4. The molecule has 1 aliphatic heterocycles. The highest BCUT2D eigenvalue weighted by Gasteiger charge is 2.47. The average molecular weight is 404 g/mol. The Hall–Kier alpha value is -2.40. The number of nitrogens with zero attached hydrogens (tertiary/aromatic N) is 1. The van der Waals surface area contributed by atoms with E-state index in [4.69, 9.17) is 4.74 Å². The van der Waals surface area contributed by atoms with E-state index in [0.29, 0.717) is 26.3 Å². The monoisotopic (exact) mass is 403 g/mol. The molecule has 1 heterocycles. The van der Waals surface area contributed by atoms with Crippen LogP contribution in [0.25, 0.3) is 0 Å². The van der Waals surface area contributed by atoms with Crippen LogP contribution in [0.4, 0.5) is 0 Å². The number of morpholine rings is 1. The lowest BCUT2D eigenvalue weighted by molar-refractivity contribution is -0.00462. The number of thioether (sulfide) groups is 1. The van der Waals surface area contributed by atoms with Crippen molar-refractivity contribution < 1.29 is 9.53 Å². The molecule has 0 aliphatic carbocycles. The second-order valence-corrected chi connectivity index (χ2v) is 7.98. The van der Waals surface area contributed by atoms with Gasteiger partial charge in [0.2, 0.25) is 0 Å². The highest BCUT2D eigenvalue weighted by Crippen LogP contribution is 2.40. The SMILES string of the molecule is CSc1ccc(C(=O)C(c2ccccc2)(c2ccccc2)N2CCOCC2)cc1. The maximum absolute atomic E-state index is 14.3. The Kier molecular flexibility index (Phi) is 6.14. The lowest BCUT2D eigenvalue weighted by Gasteiger charge is -2.45. The molecule has 1 fully saturated rings. The third-order valence-corrected chi connectivity index (χ3v) is 6.29. The Bertz CT molecular complexity index is 896. The number of benzene rings is 3. The van der Waals surface area contributed by atoms with Gasteiger partial charge in [-0.25, -0.2) is 0 Å². The maximum atomic E-state index is 14.3. The van der Waals surface area contributed by atoms with Crippen molar-refractivity contribution in [2.45, 2.75) is 10.4 Å². The van der Waals surface area contributed by atoms with Gasteiger partial charge in [0.1, 0.15) is 5.54 Å². The smallest absolute Gasteiger partial charge is 0.192 e. The van der Waals surface area contributed by atoms with E-state index in [1.54, 1.807) is 11.8 Å². The minimum atomic E-state index is -0.882. The molecule has 4 rings (SSSR count). The van der Waals surface area contributed by atoms with Crippen LogP contribution in [0.2, 0.25) is 0 Å². The number of carbonyl (C=O) groups is 1. The second-order valence-electron chi connectivity index (χ2n) is 7.10. The second kappa shape index (κ2) is 8.95. The highest BCUT2D eigenvalue weighted by atomic mass is 32.2. The first-order chi connectivity index (χ1) is 14.3. The van der Waals surface area contributed by atoms with E-state index in [9.17, 15) is 4.79 Å². The molecule has 148 valence electrons. The first-order valence-corrected chi connectivity index (χ1v) is 11.1. The zero-order chi connectivity index (χ0) is 20.1. The van der Waals surface area contributed by atoms with Crippen LogP contribution in [-0.2, 0) is 10.3 Å². The summed E-state index contributed by atoms with van der Waals surface area (Å²) in [6.45, 7) is 2.66. The summed E-state index contributed by atoms with van der Waals surface area (Å²) in [6, 6.07) is 28.3. The normalized spacial score (nSPS) is 15.2. The van der Waals surface area contributed by atoms with Gasteiger partial charge in [-0.2, -0.15) is 0 Å². The molecule has 3 aromatic rings. The molecule has 3 nitrogen and oxygen atoms in total. The molecule has 1 aliphatic rings. The van der Waals surface area contributed by atoms with Crippen LogP contribution in [0, 0.1) is 0 Å². The minimum absolute atomic E-state index is 0.101. The van der Waals surface area contributed by atoms with Crippen LogP contribution in [0.1, 0.15) is 21.5 Å². The Morgan fingerprint density at radius 1 is 0.828 bits per heavy atom. The Balaban J connectivity index is 1.94. The summed E-state index contributed by atoms with van der Waals surface area (Å²) in [7, 11) is 0. The van der Waals surface area contributed by atoms with E-state index in [1.165, 1.54) is 0 Å². The number of rotatable bonds is 6. The first kappa shape index (κ1) is 19.9. The van der Waals surface area contributed by atoms with E-state index < -0.39 is 5.54 Å². The quantitative estimate of drug-likeness (QED) is 0.434. The molecule has 0 spiro atoms. The molecular weight excluding hydrogens is 378 g/mol. The van der Waals surface area contributed by atoms with E-state index in [-0.39, 0.29) is 5.78 Å². The van der Waals surface area contributed by atoms with Crippen molar-refractivity contribution in [2.24, 2.45) is 0 Å². The summed E-state index contributed by atoms with van der Waals surface area (Å²) < 4.78 is 5.63. The number of Topliss-reactive ketones (excluding diaryl/α,β-unsaturated/α-hetero) is 1. The number of hydrogen-bond donors (Lipinski definition) is 0. The fourth-order valence-corrected chi connectivity index (χ4v) is 4.55. The summed E-state index contributed by atoms with van der Waals surface area (Å²) in [5.41, 5.74) is 1.83. The Labute approximate surface area is 176 Å². The van der Waals surface area contributed by atoms with Crippen LogP contribution < -0.4 is 0 Å². The van der Waals surface area contributed by atoms with Crippen LogP contribution in [0.5, 0.6) is 0 Å². The van der Waals surface area contributed by atoms with Crippen molar-refractivity contribution in [2.75, 3.05) is 32.6 Å². The van der Waals surface area contributed by atoms with Gasteiger partial charge >= 0.3 is 0 Å². The topological polar surface area (TPSA) is 29.5 Å². The van der Waals surface area contributed by atoms with Gasteiger partial charge in [-0.05, 0) is 29.5 Å². The van der Waals surface area contributed by atoms with E-state index in [2.05, 4.69) is 29.2 Å². The summed E-state index contributed by atoms with van der Waals surface area (Å²) in [4.78, 5) is 17.7. The van der Waals surface area contributed by atoms with Crippen LogP contribution in [-0.4, -0.2) is 43.2 Å². The molecule has 0 N–H and O–H groups in total. The number of carbonyl (C=O) groups excluding carboxylic acids is 1. The van der Waals surface area contributed by atoms with Gasteiger partial charge in [-0.3, -0.25) is 9.69 Å². The highest BCUT2D eigenvalue weighted by molar-refractivity contribution is 7.98. The van der Waals surface area contributed by atoms with E-state index in [1.807, 2.05) is 66.9 Å². The van der Waals surface area contributed by atoms with Gasteiger partial charge in [0, 0.05) is 23.5 Å². The molecule has 3 aromatic carbocycles. The van der Waals surface area contributed by atoms with Gasteiger partial charge < -0.3 is 4.74 Å². The summed E-state index contributed by atoms with van der Waals surface area (Å²) in [6.07, 6.45) is 2.04. The molecule has 0 bridgehead atoms. The lowest BCUT2D eigenvalue weighted by Crippen LogP contribution is -2.56. The predicted octanol–water partition coefficient (Wildman–Crippen LogP) is 4.87. The third-order valence-electron chi connectivity index (χ3n) is 5.55. The number of ether oxygens (including phenoxy) is 1. The predicted molar refractivity (Wildman–Crippen MR) is 119 cm³/mol. The molecule has 1 saturated heterocycles. The molecule has 0 aromatic heterocycles. The molecule has 0 unspecified atom stereocenters. The summed E-state index contributed by atoms with van der Waals surface area (Å²) in [5.74, 6) is 0.101. The zero-order valence-electron chi connectivity index (χ0n) is 16.6. The molecule has 0 radical (unpaired) electrons. The van der Waals surface area contributed by atoms with Crippen molar-refractivity contribution in [1.29, 1.82) is 0 Å². The molecular formula is C25H25NO2S. The van der Waals surface area contributed by atoms with Crippen molar-refractivity contribution in [3.8, 4) is 0 Å². The van der Waals surface area contributed by atoms with Crippen LogP contribution >= 0.6 is 11.8 Å². The van der Waals surface area contributed by atoms with Gasteiger partial charge in [0.05, 0.1) is 13.2 Å². The summed E-state index contributed by atoms with van der Waals surface area (Å²) >= 11 is 1.68. The third kappa shape index (κ3) is 3.76. The van der Waals surface area contributed by atoms with Crippen molar-refractivity contribution >= 4 is 17.5 Å². The maximum Gasteiger partial charge on any atom is 0.192 e. The standard InChI is InChI=1S/C25H25NO2S/c1-29-23-14-12-20(13-15-23)24(27)25(21-8-4-2-5-9-21,22-10-6-3-7-11-22)26-16-18-28-19-17-26/h2-15H,16-19H2,1H3. The molecule has 4 heteroatoms. The fourth-order valence-electron chi connectivity index (χ4n) is 4.15. The van der Waals surface area contributed by atoms with Crippen molar-refractivity contribution in [3.05, 3.63) is 102 Å². The van der Waals surface area contributed by atoms with Crippen molar-refractivity contribution in [3.63, 3.8) is 0 Å².